The molecule has 2 rings (SSSR count). The average Bonchev–Trinajstić information content (AvgIpc) is 2.52. The predicted octanol–water partition coefficient (Wildman–Crippen LogP) is 1.47. The molecule has 6 heteroatoms. The third-order valence-corrected chi connectivity index (χ3v) is 3.62. The number of carbonyl (C=O) groups excluding carboxylic acids is 1. The Morgan fingerprint density at radius 1 is 1.41 bits per heavy atom. The highest BCUT2D eigenvalue weighted by atomic mass is 16.5. The molecule has 1 fully saturated rings. The van der Waals surface area contributed by atoms with Crippen molar-refractivity contribution in [3.8, 4) is 5.75 Å². The summed E-state index contributed by atoms with van der Waals surface area (Å²) in [5.41, 5.74) is 1.05. The average molecular weight is 307 g/mol. The number of ether oxygens (including phenoxy) is 2. The summed E-state index contributed by atoms with van der Waals surface area (Å²) in [5.74, 6) is -0.377. The molecule has 1 saturated heterocycles. The molecule has 0 bridgehead atoms. The summed E-state index contributed by atoms with van der Waals surface area (Å²) < 4.78 is 10.8. The number of carboxylic acid groups (broad SMARTS) is 1. The van der Waals surface area contributed by atoms with Crippen LogP contribution in [0.4, 0.5) is 0 Å². The van der Waals surface area contributed by atoms with E-state index in [1.807, 2.05) is 31.2 Å². The Kier molecular flexibility index (Phi) is 5.77. The van der Waals surface area contributed by atoms with E-state index < -0.39 is 12.0 Å². The van der Waals surface area contributed by atoms with Crippen LogP contribution in [0.1, 0.15) is 18.4 Å². The summed E-state index contributed by atoms with van der Waals surface area (Å²) in [5, 5.41) is 9.11. The number of rotatable bonds is 6. The zero-order valence-electron chi connectivity index (χ0n) is 12.7. The van der Waals surface area contributed by atoms with Crippen molar-refractivity contribution < 1.29 is 24.2 Å². The van der Waals surface area contributed by atoms with Crippen LogP contribution in [0.5, 0.6) is 5.75 Å². The fourth-order valence-electron chi connectivity index (χ4n) is 2.37. The molecule has 1 N–H and O–H groups in total. The van der Waals surface area contributed by atoms with Crippen LogP contribution >= 0.6 is 0 Å². The van der Waals surface area contributed by atoms with Gasteiger partial charge in [0.15, 0.2) is 6.04 Å². The summed E-state index contributed by atoms with van der Waals surface area (Å²) in [6.45, 7) is 3.16. The van der Waals surface area contributed by atoms with E-state index in [-0.39, 0.29) is 18.9 Å². The first-order chi connectivity index (χ1) is 10.6. The fraction of sp³-hybridized carbons (Fsp3) is 0.500. The normalized spacial score (nSPS) is 18.0. The third kappa shape index (κ3) is 4.21. The van der Waals surface area contributed by atoms with Gasteiger partial charge in [-0.2, -0.15) is 0 Å². The molecule has 0 aromatic heterocycles. The molecule has 22 heavy (non-hydrogen) atoms. The first kappa shape index (κ1) is 16.3. The van der Waals surface area contributed by atoms with Gasteiger partial charge in [0.2, 0.25) is 5.91 Å². The zero-order chi connectivity index (χ0) is 15.9. The van der Waals surface area contributed by atoms with Gasteiger partial charge >= 0.3 is 5.97 Å². The Balaban J connectivity index is 1.77. The Bertz CT molecular complexity index is 531. The summed E-state index contributed by atoms with van der Waals surface area (Å²) in [6.07, 6.45) is 0.826. The van der Waals surface area contributed by atoms with Gasteiger partial charge in [0, 0.05) is 13.0 Å². The molecule has 1 heterocycles. The van der Waals surface area contributed by atoms with Crippen molar-refractivity contribution in [1.82, 2.24) is 4.90 Å². The number of benzene rings is 1. The molecule has 1 amide bonds. The monoisotopic (exact) mass is 307 g/mol. The highest BCUT2D eigenvalue weighted by Gasteiger charge is 2.32. The molecule has 1 aliphatic rings. The molecule has 0 saturated carbocycles. The SMILES string of the molecule is Cc1ccccc1OCCCC(=O)N1CCOC[C@@H]1C(=O)O. The minimum absolute atomic E-state index is 0.0563. The van der Waals surface area contributed by atoms with E-state index >= 15 is 0 Å². The van der Waals surface area contributed by atoms with Crippen molar-refractivity contribution >= 4 is 11.9 Å². The molecule has 0 unspecified atom stereocenters. The van der Waals surface area contributed by atoms with Crippen LogP contribution in [-0.2, 0) is 14.3 Å². The van der Waals surface area contributed by atoms with Crippen LogP contribution in [0.3, 0.4) is 0 Å². The minimum Gasteiger partial charge on any atom is -0.493 e. The second-order valence-electron chi connectivity index (χ2n) is 5.23. The van der Waals surface area contributed by atoms with Gasteiger partial charge in [-0.15, -0.1) is 0 Å². The van der Waals surface area contributed by atoms with Crippen LogP contribution in [0.2, 0.25) is 0 Å². The van der Waals surface area contributed by atoms with Gasteiger partial charge in [-0.3, -0.25) is 4.79 Å². The number of aryl methyl sites for hydroxylation is 1. The van der Waals surface area contributed by atoms with Crippen LogP contribution in [-0.4, -0.2) is 54.3 Å². The van der Waals surface area contributed by atoms with Crippen molar-refractivity contribution in [2.24, 2.45) is 0 Å². The number of aliphatic carboxylic acids is 1. The summed E-state index contributed by atoms with van der Waals surface area (Å²) in [6, 6.07) is 6.82. The smallest absolute Gasteiger partial charge is 0.328 e. The van der Waals surface area contributed by atoms with E-state index in [4.69, 9.17) is 14.6 Å². The number of nitrogens with zero attached hydrogens (tertiary/aromatic N) is 1. The number of morpholine rings is 1. The topological polar surface area (TPSA) is 76.1 Å². The molecule has 6 nitrogen and oxygen atoms in total. The highest BCUT2D eigenvalue weighted by Crippen LogP contribution is 2.17. The summed E-state index contributed by atoms with van der Waals surface area (Å²) in [4.78, 5) is 24.7. The lowest BCUT2D eigenvalue weighted by molar-refractivity contribution is -0.158. The lowest BCUT2D eigenvalue weighted by Gasteiger charge is -2.32. The highest BCUT2D eigenvalue weighted by molar-refractivity contribution is 5.84. The molecule has 0 radical (unpaired) electrons. The summed E-state index contributed by atoms with van der Waals surface area (Å²) in [7, 11) is 0. The standard InChI is InChI=1S/C16H21NO5/c1-12-5-2-3-6-14(12)22-9-4-7-15(18)17-8-10-21-11-13(17)16(19)20/h2-3,5-6,13H,4,7-11H2,1H3,(H,19,20)/t13-/m1/s1. The molecule has 1 aliphatic heterocycles. The van der Waals surface area contributed by atoms with Gasteiger partial charge in [0.25, 0.3) is 0 Å². The number of hydrogen-bond acceptors (Lipinski definition) is 4. The largest absolute Gasteiger partial charge is 0.493 e. The zero-order valence-corrected chi connectivity index (χ0v) is 12.7. The second kappa shape index (κ2) is 7.79. The molecular formula is C16H21NO5. The lowest BCUT2D eigenvalue weighted by atomic mass is 10.2. The predicted molar refractivity (Wildman–Crippen MR) is 79.9 cm³/mol. The second-order valence-corrected chi connectivity index (χ2v) is 5.23. The van der Waals surface area contributed by atoms with E-state index in [2.05, 4.69) is 0 Å². The van der Waals surface area contributed by atoms with Gasteiger partial charge in [0.05, 0.1) is 19.8 Å². The van der Waals surface area contributed by atoms with Crippen LogP contribution in [0.25, 0.3) is 0 Å². The molecule has 0 spiro atoms. The Labute approximate surface area is 129 Å². The molecular weight excluding hydrogens is 286 g/mol. The molecule has 1 aromatic rings. The molecule has 0 aliphatic carbocycles. The number of para-hydroxylation sites is 1. The van der Waals surface area contributed by atoms with E-state index in [1.165, 1.54) is 4.90 Å². The van der Waals surface area contributed by atoms with Gasteiger partial charge in [-0.05, 0) is 25.0 Å². The van der Waals surface area contributed by atoms with Gasteiger partial charge in [-0.1, -0.05) is 18.2 Å². The summed E-state index contributed by atoms with van der Waals surface area (Å²) >= 11 is 0. The molecule has 120 valence electrons. The number of carbonyl (C=O) groups is 2. The minimum atomic E-state index is -1.02. The third-order valence-electron chi connectivity index (χ3n) is 3.62. The lowest BCUT2D eigenvalue weighted by Crippen LogP contribution is -2.52. The molecule has 1 atom stereocenters. The van der Waals surface area contributed by atoms with Crippen molar-refractivity contribution in [3.63, 3.8) is 0 Å². The number of hydrogen-bond donors (Lipinski definition) is 1. The van der Waals surface area contributed by atoms with E-state index in [1.54, 1.807) is 0 Å². The van der Waals surface area contributed by atoms with Gasteiger partial charge < -0.3 is 19.5 Å². The van der Waals surface area contributed by atoms with Crippen LogP contribution in [0.15, 0.2) is 24.3 Å². The van der Waals surface area contributed by atoms with Crippen molar-refractivity contribution in [2.75, 3.05) is 26.4 Å². The quantitative estimate of drug-likeness (QED) is 0.805. The van der Waals surface area contributed by atoms with E-state index in [0.29, 0.717) is 26.2 Å². The maximum absolute atomic E-state index is 12.1. The first-order valence-corrected chi connectivity index (χ1v) is 7.38. The maximum Gasteiger partial charge on any atom is 0.328 e. The van der Waals surface area contributed by atoms with Crippen molar-refractivity contribution in [1.29, 1.82) is 0 Å². The van der Waals surface area contributed by atoms with Crippen LogP contribution in [0, 0.1) is 6.92 Å². The van der Waals surface area contributed by atoms with Crippen LogP contribution < -0.4 is 4.74 Å². The fourth-order valence-corrected chi connectivity index (χ4v) is 2.37. The van der Waals surface area contributed by atoms with Gasteiger partial charge in [-0.25, -0.2) is 4.79 Å². The van der Waals surface area contributed by atoms with E-state index in [0.717, 1.165) is 11.3 Å². The Morgan fingerprint density at radius 2 is 2.18 bits per heavy atom. The Morgan fingerprint density at radius 3 is 2.91 bits per heavy atom. The molecule has 1 aromatic carbocycles. The van der Waals surface area contributed by atoms with E-state index in [9.17, 15) is 9.59 Å². The number of carboxylic acids is 1. The first-order valence-electron chi connectivity index (χ1n) is 7.38. The van der Waals surface area contributed by atoms with Crippen molar-refractivity contribution in [2.45, 2.75) is 25.8 Å². The van der Waals surface area contributed by atoms with Crippen molar-refractivity contribution in [3.05, 3.63) is 29.8 Å². The maximum atomic E-state index is 12.1. The number of amides is 1. The Hall–Kier alpha value is -2.08. The van der Waals surface area contributed by atoms with Gasteiger partial charge in [0.1, 0.15) is 5.75 Å².